The van der Waals surface area contributed by atoms with Crippen molar-refractivity contribution in [2.45, 2.75) is 0 Å². The van der Waals surface area contributed by atoms with Gasteiger partial charge in [0, 0.05) is 5.39 Å². The number of phenolic OH excluding ortho intramolecular Hbond substituents is 1. The molecule has 0 aliphatic rings. The summed E-state index contributed by atoms with van der Waals surface area (Å²) in [5.74, 6) is 0.475. The van der Waals surface area contributed by atoms with Gasteiger partial charge in [-0.1, -0.05) is 36.4 Å². The van der Waals surface area contributed by atoms with Crippen LogP contribution in [-0.4, -0.2) is 20.1 Å². The van der Waals surface area contributed by atoms with Crippen LogP contribution in [0.2, 0.25) is 0 Å². The lowest BCUT2D eigenvalue weighted by Crippen LogP contribution is -2.05. The van der Waals surface area contributed by atoms with Crippen LogP contribution in [0.25, 0.3) is 10.8 Å². The predicted molar refractivity (Wildman–Crippen MR) is 78.7 cm³/mol. The first-order chi connectivity index (χ1) is 9.56. The van der Waals surface area contributed by atoms with Crippen molar-refractivity contribution in [3.8, 4) is 5.75 Å². The number of nitrogen functional groups attached to an aromatic ring is 3. The van der Waals surface area contributed by atoms with E-state index in [1.807, 2.05) is 36.4 Å². The second-order valence-corrected chi connectivity index (χ2v) is 3.91. The molecule has 0 radical (unpaired) electrons. The summed E-state index contributed by atoms with van der Waals surface area (Å²) in [5.41, 5.74) is 15.4. The highest BCUT2D eigenvalue weighted by atomic mass is 16.3. The fourth-order valence-corrected chi connectivity index (χ4v) is 1.64. The van der Waals surface area contributed by atoms with Crippen molar-refractivity contribution in [2.24, 2.45) is 0 Å². The zero-order valence-corrected chi connectivity index (χ0v) is 10.6. The van der Waals surface area contributed by atoms with Crippen molar-refractivity contribution in [3.05, 3.63) is 42.5 Å². The lowest BCUT2D eigenvalue weighted by atomic mass is 10.1. The quantitative estimate of drug-likeness (QED) is 0.481. The fourth-order valence-electron chi connectivity index (χ4n) is 1.64. The average Bonchev–Trinajstić information content (AvgIpc) is 2.38. The second-order valence-electron chi connectivity index (χ2n) is 3.91. The van der Waals surface area contributed by atoms with Crippen molar-refractivity contribution in [3.63, 3.8) is 0 Å². The van der Waals surface area contributed by atoms with Crippen molar-refractivity contribution in [1.82, 2.24) is 15.0 Å². The first-order valence-electron chi connectivity index (χ1n) is 5.75. The highest BCUT2D eigenvalue weighted by molar-refractivity contribution is 5.87. The van der Waals surface area contributed by atoms with Crippen molar-refractivity contribution in [2.75, 3.05) is 17.2 Å². The van der Waals surface area contributed by atoms with Crippen LogP contribution >= 0.6 is 0 Å². The van der Waals surface area contributed by atoms with Crippen LogP contribution in [0.15, 0.2) is 42.5 Å². The van der Waals surface area contributed by atoms with Gasteiger partial charge in [-0.2, -0.15) is 15.0 Å². The van der Waals surface area contributed by atoms with Crippen LogP contribution in [0.4, 0.5) is 17.8 Å². The minimum atomic E-state index is 0.0417. The van der Waals surface area contributed by atoms with Crippen molar-refractivity contribution < 1.29 is 5.11 Å². The molecule has 0 saturated carbocycles. The minimum absolute atomic E-state index is 0.0417. The zero-order chi connectivity index (χ0) is 14.5. The van der Waals surface area contributed by atoms with E-state index in [0.29, 0.717) is 5.75 Å². The summed E-state index contributed by atoms with van der Waals surface area (Å²) in [6.07, 6.45) is 0. The number of phenols is 1. The number of aromatic nitrogens is 3. The van der Waals surface area contributed by atoms with Gasteiger partial charge in [-0.3, -0.25) is 0 Å². The molecule has 2 aromatic carbocycles. The molecule has 20 heavy (non-hydrogen) atoms. The maximum absolute atomic E-state index is 9.37. The van der Waals surface area contributed by atoms with Crippen molar-refractivity contribution >= 4 is 28.6 Å². The van der Waals surface area contributed by atoms with E-state index in [2.05, 4.69) is 15.0 Å². The molecule has 7 nitrogen and oxygen atoms in total. The van der Waals surface area contributed by atoms with Crippen LogP contribution in [-0.2, 0) is 0 Å². The van der Waals surface area contributed by atoms with Crippen LogP contribution in [0.1, 0.15) is 0 Å². The van der Waals surface area contributed by atoms with E-state index in [0.717, 1.165) is 10.8 Å². The molecule has 0 unspecified atom stereocenters. The summed E-state index contributed by atoms with van der Waals surface area (Å²) in [6, 6.07) is 13.3. The largest absolute Gasteiger partial charge is 0.507 e. The molecule has 3 rings (SSSR count). The monoisotopic (exact) mass is 270 g/mol. The third-order valence-corrected chi connectivity index (χ3v) is 2.45. The number of nitrogens with zero attached hydrogens (tertiary/aromatic N) is 3. The van der Waals surface area contributed by atoms with Crippen LogP contribution < -0.4 is 17.2 Å². The van der Waals surface area contributed by atoms with E-state index in [1.165, 1.54) is 0 Å². The topological polar surface area (TPSA) is 137 Å². The molecule has 0 spiro atoms. The number of benzene rings is 2. The Morgan fingerprint density at radius 3 is 1.75 bits per heavy atom. The van der Waals surface area contributed by atoms with Gasteiger partial charge in [0.2, 0.25) is 17.8 Å². The molecular formula is C13H14N6O. The Morgan fingerprint density at radius 1 is 0.700 bits per heavy atom. The highest BCUT2D eigenvalue weighted by Gasteiger charge is 1.95. The first kappa shape index (κ1) is 13.3. The maximum Gasteiger partial charge on any atom is 0.226 e. The van der Waals surface area contributed by atoms with E-state index in [-0.39, 0.29) is 17.8 Å². The number of nitrogens with two attached hydrogens (primary N) is 3. The van der Waals surface area contributed by atoms with E-state index in [1.54, 1.807) is 6.07 Å². The van der Waals surface area contributed by atoms with Gasteiger partial charge in [-0.05, 0) is 11.5 Å². The van der Waals surface area contributed by atoms with E-state index in [9.17, 15) is 5.11 Å². The molecule has 0 aliphatic carbocycles. The van der Waals surface area contributed by atoms with Crippen LogP contribution in [0.3, 0.4) is 0 Å². The highest BCUT2D eigenvalue weighted by Crippen LogP contribution is 2.22. The summed E-state index contributed by atoms with van der Waals surface area (Å²) < 4.78 is 0. The first-order valence-corrected chi connectivity index (χ1v) is 5.75. The second kappa shape index (κ2) is 5.70. The van der Waals surface area contributed by atoms with E-state index >= 15 is 0 Å². The molecule has 1 aromatic heterocycles. The van der Waals surface area contributed by atoms with Gasteiger partial charge in [0.15, 0.2) is 0 Å². The molecule has 7 N–H and O–H groups in total. The Hall–Kier alpha value is -3.09. The Kier molecular flexibility index (Phi) is 3.80. The molecule has 0 amide bonds. The molecule has 7 heteroatoms. The third kappa shape index (κ3) is 3.22. The SMILES string of the molecule is Nc1nc(N)nc(N)n1.Oc1cccc2ccccc12. The van der Waals surface area contributed by atoms with E-state index in [4.69, 9.17) is 17.2 Å². The molecule has 3 aromatic rings. The predicted octanol–water partition coefficient (Wildman–Crippen LogP) is 1.16. The Bertz CT molecular complexity index is 675. The Morgan fingerprint density at radius 2 is 1.20 bits per heavy atom. The van der Waals surface area contributed by atoms with Gasteiger partial charge in [-0.15, -0.1) is 0 Å². The summed E-state index contributed by atoms with van der Waals surface area (Å²) in [4.78, 5) is 10.5. The van der Waals surface area contributed by atoms with Gasteiger partial charge >= 0.3 is 0 Å². The lowest BCUT2D eigenvalue weighted by Gasteiger charge is -1.97. The third-order valence-electron chi connectivity index (χ3n) is 2.45. The normalized spacial score (nSPS) is 9.80. The Labute approximate surface area is 115 Å². The number of hydrogen-bond donors (Lipinski definition) is 4. The molecule has 0 aliphatic heterocycles. The number of rotatable bonds is 0. The minimum Gasteiger partial charge on any atom is -0.507 e. The molecular weight excluding hydrogens is 256 g/mol. The smallest absolute Gasteiger partial charge is 0.226 e. The molecule has 0 fully saturated rings. The molecule has 102 valence electrons. The Balaban J connectivity index is 0.000000151. The van der Waals surface area contributed by atoms with Gasteiger partial charge in [0.1, 0.15) is 5.75 Å². The van der Waals surface area contributed by atoms with Crippen molar-refractivity contribution in [1.29, 1.82) is 0 Å². The average molecular weight is 270 g/mol. The fraction of sp³-hybridized carbons (Fsp3) is 0. The van der Waals surface area contributed by atoms with E-state index < -0.39 is 0 Å². The van der Waals surface area contributed by atoms with Gasteiger partial charge < -0.3 is 22.3 Å². The van der Waals surface area contributed by atoms with Crippen LogP contribution in [0, 0.1) is 0 Å². The number of hydrogen-bond acceptors (Lipinski definition) is 7. The summed E-state index contributed by atoms with van der Waals surface area (Å²) in [6.45, 7) is 0. The lowest BCUT2D eigenvalue weighted by molar-refractivity contribution is 0.481. The summed E-state index contributed by atoms with van der Waals surface area (Å²) in [5, 5.41) is 11.4. The van der Waals surface area contributed by atoms with Crippen LogP contribution in [0.5, 0.6) is 5.75 Å². The molecule has 0 bridgehead atoms. The molecule has 0 atom stereocenters. The van der Waals surface area contributed by atoms with Gasteiger partial charge in [0.05, 0.1) is 0 Å². The summed E-state index contributed by atoms with van der Waals surface area (Å²) in [7, 11) is 0. The number of anilines is 3. The number of aromatic hydroxyl groups is 1. The zero-order valence-electron chi connectivity index (χ0n) is 10.6. The summed E-state index contributed by atoms with van der Waals surface area (Å²) >= 11 is 0. The molecule has 0 saturated heterocycles. The maximum atomic E-state index is 9.37. The standard InChI is InChI=1S/C10H8O.C3H6N6/c11-10-7-3-5-8-4-1-2-6-9(8)10;4-1-7-2(5)9-3(6)8-1/h1-7,11H;(H6,4,5,6,7,8,9). The number of fused-ring (bicyclic) bond motifs is 1. The van der Waals surface area contributed by atoms with Gasteiger partial charge in [0.25, 0.3) is 0 Å². The van der Waals surface area contributed by atoms with Gasteiger partial charge in [-0.25, -0.2) is 0 Å². The molecule has 1 heterocycles.